The third kappa shape index (κ3) is 6.66. The molecule has 2 N–H and O–H groups in total. The van der Waals surface area contributed by atoms with E-state index >= 15 is 0 Å². The highest BCUT2D eigenvalue weighted by atomic mass is 35.5. The molecule has 0 aliphatic rings. The zero-order valence-corrected chi connectivity index (χ0v) is 22.8. The van der Waals surface area contributed by atoms with Gasteiger partial charge in [-0.15, -0.1) is 0 Å². The van der Waals surface area contributed by atoms with E-state index in [0.717, 1.165) is 28.7 Å². The minimum Gasteiger partial charge on any atom is -0.348 e. The lowest BCUT2D eigenvalue weighted by Crippen LogP contribution is -2.32. The van der Waals surface area contributed by atoms with Gasteiger partial charge in [0.2, 0.25) is 5.95 Å². The zero-order valence-electron chi connectivity index (χ0n) is 22.0. The van der Waals surface area contributed by atoms with Crippen molar-refractivity contribution in [3.63, 3.8) is 0 Å². The Balaban J connectivity index is 1.22. The number of carbonyl (C=O) groups is 1. The van der Waals surface area contributed by atoms with Crippen molar-refractivity contribution in [2.24, 2.45) is 0 Å². The summed E-state index contributed by atoms with van der Waals surface area (Å²) in [4.78, 5) is 45.2. The van der Waals surface area contributed by atoms with Crippen LogP contribution in [0.25, 0.3) is 11.0 Å². The Morgan fingerprint density at radius 3 is 2.48 bits per heavy atom. The van der Waals surface area contributed by atoms with Crippen LogP contribution in [0.4, 0.5) is 11.6 Å². The number of hydrogen-bond acceptors (Lipinski definition) is 8. The first-order valence-corrected chi connectivity index (χ1v) is 12.9. The number of rotatable bonds is 9. The molecule has 0 unspecified atom stereocenters. The number of pyridine rings is 3. The van der Waals surface area contributed by atoms with Gasteiger partial charge in [-0.3, -0.25) is 9.59 Å². The number of halogens is 1. The van der Waals surface area contributed by atoms with Gasteiger partial charge in [0.25, 0.3) is 11.5 Å². The lowest BCUT2D eigenvalue weighted by Gasteiger charge is -2.11. The highest BCUT2D eigenvalue weighted by Crippen LogP contribution is 2.17. The molecule has 1 amide bonds. The average Bonchev–Trinajstić information content (AvgIpc) is 2.95. The number of benzene rings is 1. The predicted octanol–water partition coefficient (Wildman–Crippen LogP) is 4.02. The largest absolute Gasteiger partial charge is 0.348 e. The number of fused-ring (bicyclic) bond motifs is 1. The number of hydrogen-bond donors (Lipinski definition) is 2. The van der Waals surface area contributed by atoms with Gasteiger partial charge in [0.15, 0.2) is 5.65 Å². The van der Waals surface area contributed by atoms with E-state index in [-0.39, 0.29) is 18.7 Å². The fourth-order valence-electron chi connectivity index (χ4n) is 4.12. The van der Waals surface area contributed by atoms with E-state index in [9.17, 15) is 9.59 Å². The van der Waals surface area contributed by atoms with Gasteiger partial charge in [0.1, 0.15) is 10.7 Å². The summed E-state index contributed by atoms with van der Waals surface area (Å²) in [6.07, 6.45) is 6.56. The highest BCUT2D eigenvalue weighted by molar-refractivity contribution is 6.29. The van der Waals surface area contributed by atoms with Crippen LogP contribution in [-0.4, -0.2) is 49.4 Å². The summed E-state index contributed by atoms with van der Waals surface area (Å²) in [6, 6.07) is 16.6. The number of nitrogens with one attached hydrogen (secondary N) is 2. The summed E-state index contributed by atoms with van der Waals surface area (Å²) in [5.74, 6) is -0.0303. The summed E-state index contributed by atoms with van der Waals surface area (Å²) in [5.41, 5.74) is 3.82. The second-order valence-corrected chi connectivity index (χ2v) is 9.92. The maximum absolute atomic E-state index is 12.9. The van der Waals surface area contributed by atoms with Crippen LogP contribution in [0.5, 0.6) is 0 Å². The van der Waals surface area contributed by atoms with Crippen LogP contribution in [0.2, 0.25) is 5.15 Å². The molecule has 4 aromatic heterocycles. The standard InChI is InChI=1S/C29H27ClN8O2/c1-37(2)17-19-5-8-23(9-6-19)35-29-34-16-22-12-21(14-32-26(22)36-29)15-33-27(39)24-4-3-11-38(28(24)40)18-20-7-10-25(30)31-13-20/h3-14,16H,15,17-18H2,1-2H3,(H,33,39)(H,32,34,35,36). The molecule has 5 rings (SSSR count). The average molecular weight is 555 g/mol. The first-order valence-electron chi connectivity index (χ1n) is 12.5. The monoisotopic (exact) mass is 554 g/mol. The van der Waals surface area contributed by atoms with Crippen molar-refractivity contribution in [2.75, 3.05) is 19.4 Å². The smallest absolute Gasteiger partial charge is 0.263 e. The molecule has 0 spiro atoms. The number of anilines is 2. The summed E-state index contributed by atoms with van der Waals surface area (Å²) in [5, 5.41) is 7.11. The van der Waals surface area contributed by atoms with Crippen molar-refractivity contribution in [1.29, 1.82) is 0 Å². The van der Waals surface area contributed by atoms with Crippen molar-refractivity contribution in [3.8, 4) is 0 Å². The number of amides is 1. The Morgan fingerprint density at radius 1 is 0.950 bits per heavy atom. The first-order chi connectivity index (χ1) is 19.3. The van der Waals surface area contributed by atoms with Gasteiger partial charge in [-0.05, 0) is 67.2 Å². The van der Waals surface area contributed by atoms with Crippen LogP contribution >= 0.6 is 11.6 Å². The fourth-order valence-corrected chi connectivity index (χ4v) is 4.23. The number of aromatic nitrogens is 5. The van der Waals surface area contributed by atoms with Crippen molar-refractivity contribution < 1.29 is 4.79 Å². The Bertz CT molecular complexity index is 1700. The number of carbonyl (C=O) groups excluding carboxylic acids is 1. The third-order valence-corrected chi connectivity index (χ3v) is 6.28. The molecule has 40 heavy (non-hydrogen) atoms. The van der Waals surface area contributed by atoms with E-state index in [0.29, 0.717) is 16.7 Å². The van der Waals surface area contributed by atoms with E-state index in [2.05, 4.69) is 47.6 Å². The fraction of sp³-hybridized carbons (Fsp3) is 0.172. The topological polar surface area (TPSA) is 118 Å². The molecule has 0 bridgehead atoms. The van der Waals surface area contributed by atoms with Crippen molar-refractivity contribution in [2.45, 2.75) is 19.6 Å². The molecule has 0 saturated carbocycles. The van der Waals surface area contributed by atoms with Crippen LogP contribution < -0.4 is 16.2 Å². The van der Waals surface area contributed by atoms with Gasteiger partial charge < -0.3 is 20.1 Å². The lowest BCUT2D eigenvalue weighted by molar-refractivity contribution is 0.0948. The molecular weight excluding hydrogens is 528 g/mol. The van der Waals surface area contributed by atoms with Crippen molar-refractivity contribution in [3.05, 3.63) is 117 Å². The summed E-state index contributed by atoms with van der Waals surface area (Å²) in [6.45, 7) is 1.33. The van der Waals surface area contributed by atoms with Crippen LogP contribution in [0.1, 0.15) is 27.0 Å². The Kier molecular flexibility index (Phi) is 8.09. The van der Waals surface area contributed by atoms with E-state index in [1.165, 1.54) is 16.2 Å². The van der Waals surface area contributed by atoms with Crippen LogP contribution in [0.15, 0.2) is 84.2 Å². The third-order valence-electron chi connectivity index (χ3n) is 6.06. The van der Waals surface area contributed by atoms with E-state index in [1.54, 1.807) is 43.0 Å². The summed E-state index contributed by atoms with van der Waals surface area (Å²) >= 11 is 5.83. The predicted molar refractivity (Wildman–Crippen MR) is 155 cm³/mol. The van der Waals surface area contributed by atoms with Crippen molar-refractivity contribution >= 4 is 40.2 Å². The first kappa shape index (κ1) is 26.9. The van der Waals surface area contributed by atoms with E-state index in [4.69, 9.17) is 11.6 Å². The molecule has 0 saturated heterocycles. The molecule has 4 heterocycles. The highest BCUT2D eigenvalue weighted by Gasteiger charge is 2.13. The maximum Gasteiger partial charge on any atom is 0.263 e. The van der Waals surface area contributed by atoms with Crippen LogP contribution in [0.3, 0.4) is 0 Å². The van der Waals surface area contributed by atoms with Crippen LogP contribution in [0, 0.1) is 0 Å². The molecular formula is C29H27ClN8O2. The lowest BCUT2D eigenvalue weighted by atomic mass is 10.2. The van der Waals surface area contributed by atoms with Gasteiger partial charge in [0.05, 0.1) is 6.54 Å². The van der Waals surface area contributed by atoms with Crippen molar-refractivity contribution in [1.82, 2.24) is 34.7 Å². The molecule has 1 aromatic carbocycles. The van der Waals surface area contributed by atoms with Gasteiger partial charge in [-0.25, -0.2) is 15.0 Å². The Labute approximate surface area is 235 Å². The number of nitrogens with zero attached hydrogens (tertiary/aromatic N) is 6. The molecule has 0 aliphatic carbocycles. The molecule has 202 valence electrons. The minimum absolute atomic E-state index is 0.0481. The van der Waals surface area contributed by atoms with Gasteiger partial charge in [-0.1, -0.05) is 29.8 Å². The van der Waals surface area contributed by atoms with Gasteiger partial charge >= 0.3 is 0 Å². The SMILES string of the molecule is CN(C)Cc1ccc(Nc2ncc3cc(CNC(=O)c4cccn(Cc5ccc(Cl)nc5)c4=O)cnc3n2)cc1. The second-order valence-electron chi connectivity index (χ2n) is 9.54. The molecule has 0 atom stereocenters. The molecule has 5 aromatic rings. The molecule has 10 nitrogen and oxygen atoms in total. The zero-order chi connectivity index (χ0) is 28.1. The van der Waals surface area contributed by atoms with Gasteiger partial charge in [0, 0.05) is 49.0 Å². The normalized spacial score (nSPS) is 11.1. The van der Waals surface area contributed by atoms with Crippen LogP contribution in [-0.2, 0) is 19.6 Å². The molecule has 0 fully saturated rings. The molecule has 0 aliphatic heterocycles. The maximum atomic E-state index is 12.9. The Morgan fingerprint density at radius 2 is 1.73 bits per heavy atom. The summed E-state index contributed by atoms with van der Waals surface area (Å²) in [7, 11) is 4.06. The second kappa shape index (κ2) is 12.0. The summed E-state index contributed by atoms with van der Waals surface area (Å²) < 4.78 is 1.46. The molecule has 0 radical (unpaired) electrons. The quantitative estimate of drug-likeness (QED) is 0.262. The minimum atomic E-state index is -0.471. The van der Waals surface area contributed by atoms with E-state index in [1.807, 2.05) is 32.3 Å². The molecule has 11 heteroatoms. The van der Waals surface area contributed by atoms with E-state index < -0.39 is 11.5 Å². The Hall–Kier alpha value is -4.67. The van der Waals surface area contributed by atoms with Gasteiger partial charge in [-0.2, -0.15) is 4.98 Å².